The Morgan fingerprint density at radius 1 is 0.671 bits per heavy atom. The van der Waals surface area contributed by atoms with Crippen molar-refractivity contribution in [1.29, 1.82) is 10.5 Å². The van der Waals surface area contributed by atoms with E-state index in [0.717, 1.165) is 61.6 Å². The predicted octanol–water partition coefficient (Wildman–Crippen LogP) is 4.89. The first-order chi connectivity index (χ1) is 37.7. The van der Waals surface area contributed by atoms with Crippen molar-refractivity contribution in [3.05, 3.63) is 95.8 Å². The summed E-state index contributed by atoms with van der Waals surface area (Å²) in [5.74, 6) is 0.761. The van der Waals surface area contributed by atoms with Crippen LogP contribution >= 0.6 is 0 Å². The number of amides is 2. The number of rotatable bonds is 10. The van der Waals surface area contributed by atoms with Crippen LogP contribution in [0, 0.1) is 57.3 Å². The summed E-state index contributed by atoms with van der Waals surface area (Å²) >= 11 is 0. The fourth-order valence-electron chi connectivity index (χ4n) is 14.4. The molecule has 1 aliphatic carbocycles. The Labute approximate surface area is 460 Å². The van der Waals surface area contributed by atoms with Gasteiger partial charge in [-0.15, -0.1) is 0 Å². The number of benzene rings is 3. The fraction of sp³-hybridized carbons (Fsp3) is 0.525. The standard InChI is InChI=1S/C30H36N4O6.C29H34N4O6/c1-14-7-18-8-20-22(10-31)34-21(26(33(20)5)24(18)28(15(14)2)38-12-37-6)9-19-25(23(34)11-32-17(4)35)30-29(39-13-40-30)16(3)27(19)36;1-13-7-17-8-19-21(10-30)33-20(25(32(19)5)23(17)29(14(13)2)39-12-38-6)9-18-24(22(33)11-31-16(4)34)28(37)27(36)15(3)26(18)35/h7,20-23,26,36H,8-9,11-13H2,1-6H3,(H,32,35);7,19-22,25,35H,8-9,11-12H2,1-6H3,(H,31,34)/t20-,21?,22-,23-,26-;19-,20?,21-,22-,25-/m00/s1. The first kappa shape index (κ1) is 55.3. The molecule has 3 aromatic rings. The van der Waals surface area contributed by atoms with Gasteiger partial charge in [0.25, 0.3) is 0 Å². The number of hydrogen-bond acceptors (Lipinski definition) is 18. The van der Waals surface area contributed by atoms with Gasteiger partial charge in [-0.25, -0.2) is 0 Å². The van der Waals surface area contributed by atoms with Gasteiger partial charge in [-0.3, -0.25) is 38.8 Å². The molecular formula is C59H70N8O12. The molecule has 2 saturated heterocycles. The lowest BCUT2D eigenvalue weighted by Gasteiger charge is -2.60. The van der Waals surface area contributed by atoms with Gasteiger partial charge in [-0.2, -0.15) is 10.5 Å². The molecule has 2 fully saturated rings. The van der Waals surface area contributed by atoms with Crippen molar-refractivity contribution < 1.29 is 57.8 Å². The number of fused-ring (bicyclic) bond motifs is 15. The molecule has 10 atom stereocenters. The van der Waals surface area contributed by atoms with Crippen molar-refractivity contribution in [2.75, 3.05) is 61.8 Å². The second-order valence-electron chi connectivity index (χ2n) is 22.3. The summed E-state index contributed by atoms with van der Waals surface area (Å²) in [6.45, 7) is 14.9. The van der Waals surface area contributed by atoms with E-state index in [4.69, 9.17) is 28.4 Å². The molecule has 7 aliphatic heterocycles. The predicted molar refractivity (Wildman–Crippen MR) is 286 cm³/mol. The second-order valence-corrected chi connectivity index (χ2v) is 22.3. The van der Waals surface area contributed by atoms with E-state index in [0.29, 0.717) is 41.9 Å². The Morgan fingerprint density at radius 3 is 1.65 bits per heavy atom. The van der Waals surface area contributed by atoms with E-state index in [1.807, 2.05) is 32.7 Å². The van der Waals surface area contributed by atoms with E-state index in [-0.39, 0.29) is 111 Å². The Morgan fingerprint density at radius 2 is 1.15 bits per heavy atom. The topological polar surface area (TPSA) is 249 Å². The number of allylic oxidation sites excluding steroid dienone is 2. The minimum atomic E-state index is -0.757. The molecule has 2 unspecified atom stereocenters. The zero-order valence-corrected chi connectivity index (χ0v) is 47.0. The number of phenols is 1. The first-order valence-electron chi connectivity index (χ1n) is 26.8. The Bertz CT molecular complexity index is 3250. The zero-order chi connectivity index (χ0) is 56.8. The number of phenolic OH excluding ortho intramolecular Hbond substituents is 1. The zero-order valence-electron chi connectivity index (χ0n) is 47.0. The molecule has 7 heterocycles. The van der Waals surface area contributed by atoms with Gasteiger partial charge in [0, 0.05) is 110 Å². The van der Waals surface area contributed by atoms with Crippen LogP contribution in [0.1, 0.15) is 107 Å². The lowest BCUT2D eigenvalue weighted by atomic mass is 9.69. The monoisotopic (exact) mass is 1080 g/mol. The quantitative estimate of drug-likeness (QED) is 0.120. The summed E-state index contributed by atoms with van der Waals surface area (Å²) in [6.07, 6.45) is 2.02. The van der Waals surface area contributed by atoms with E-state index in [9.17, 15) is 39.9 Å². The molecule has 11 rings (SSSR count). The average molecular weight is 1080 g/mol. The van der Waals surface area contributed by atoms with Crippen LogP contribution in [0.15, 0.2) is 34.6 Å². The van der Waals surface area contributed by atoms with Crippen LogP contribution in [0.25, 0.3) is 0 Å². The maximum absolute atomic E-state index is 13.4. The highest BCUT2D eigenvalue weighted by molar-refractivity contribution is 6.50. The van der Waals surface area contributed by atoms with Crippen molar-refractivity contribution in [2.24, 2.45) is 0 Å². The minimum Gasteiger partial charge on any atom is -0.507 e. The lowest BCUT2D eigenvalue weighted by molar-refractivity contribution is -0.134. The SMILES string of the molecule is COCOc1c(C)c(C)cc2c1[C@@H]1C3CC4=C(C(=O)C(=O)C(C)=C4O)[C@H](CNC(C)=O)N3[C@@H](C#N)[C@H](C2)N1C.COCOc1c(C)c(C)cc2c1[C@@H]1C3Cc4c(O)c(C)c5c(c4[C@H](CNC(C)=O)N3[C@@H](C#N)[C@H](C2)N1C)OCO5. The molecule has 8 aliphatic rings. The number of piperazine rings is 2. The summed E-state index contributed by atoms with van der Waals surface area (Å²) in [6, 6.07) is 6.05. The molecule has 0 aromatic heterocycles. The minimum absolute atomic E-state index is 0.0176. The van der Waals surface area contributed by atoms with Gasteiger partial charge in [-0.05, 0) is 115 Å². The smallest absolute Gasteiger partial charge is 0.232 e. The Kier molecular flexibility index (Phi) is 14.8. The van der Waals surface area contributed by atoms with Crippen LogP contribution in [0.2, 0.25) is 0 Å². The summed E-state index contributed by atoms with van der Waals surface area (Å²) in [5, 5.41) is 49.6. The van der Waals surface area contributed by atoms with Gasteiger partial charge < -0.3 is 49.3 Å². The van der Waals surface area contributed by atoms with Gasteiger partial charge in [0.2, 0.25) is 30.2 Å². The molecule has 2 amide bonds. The maximum atomic E-state index is 13.4. The van der Waals surface area contributed by atoms with Crippen LogP contribution in [-0.4, -0.2) is 157 Å². The number of aliphatic hydroxyl groups is 1. The highest BCUT2D eigenvalue weighted by Crippen LogP contribution is 2.58. The van der Waals surface area contributed by atoms with Crippen molar-refractivity contribution in [3.63, 3.8) is 0 Å². The number of Topliss-reactive ketones (excluding diaryl/α,β-unsaturated/α-hetero) is 2. The normalized spacial score (nSPS) is 27.4. The Hall–Kier alpha value is -7.04. The van der Waals surface area contributed by atoms with Gasteiger partial charge in [0.15, 0.2) is 25.1 Å². The molecule has 20 nitrogen and oxygen atoms in total. The van der Waals surface area contributed by atoms with Crippen molar-refractivity contribution >= 4 is 23.4 Å². The van der Waals surface area contributed by atoms with E-state index >= 15 is 0 Å². The number of ketones is 2. The van der Waals surface area contributed by atoms with Crippen molar-refractivity contribution in [2.45, 2.75) is 141 Å². The number of carbonyl (C=O) groups excluding carboxylic acids is 4. The van der Waals surface area contributed by atoms with E-state index < -0.39 is 35.7 Å². The van der Waals surface area contributed by atoms with Gasteiger partial charge in [0.05, 0.1) is 36.3 Å². The summed E-state index contributed by atoms with van der Waals surface area (Å²) in [5.41, 5.74) is 11.5. The summed E-state index contributed by atoms with van der Waals surface area (Å²) < 4.78 is 34.7. The number of aromatic hydroxyl groups is 1. The third-order valence-electron chi connectivity index (χ3n) is 18.2. The number of aryl methyl sites for hydroxylation is 2. The largest absolute Gasteiger partial charge is 0.507 e. The summed E-state index contributed by atoms with van der Waals surface area (Å²) in [7, 11) is 7.26. The average Bonchev–Trinajstić information content (AvgIpc) is 3.46. The third kappa shape index (κ3) is 8.70. The van der Waals surface area contributed by atoms with Crippen LogP contribution in [0.4, 0.5) is 0 Å². The van der Waals surface area contributed by atoms with Crippen LogP contribution < -0.4 is 29.6 Å². The number of nitrogens with one attached hydrogen (secondary N) is 2. The number of likely N-dealkylation sites (N-methyl/N-ethyl adjacent to an activating group) is 2. The lowest BCUT2D eigenvalue weighted by Crippen LogP contribution is -2.71. The van der Waals surface area contributed by atoms with Crippen LogP contribution in [-0.2, 0) is 47.9 Å². The number of nitrogens with zero attached hydrogens (tertiary/aromatic N) is 6. The molecule has 79 heavy (non-hydrogen) atoms. The highest BCUT2D eigenvalue weighted by Gasteiger charge is 2.59. The highest BCUT2D eigenvalue weighted by atomic mass is 16.7. The molecule has 0 saturated carbocycles. The summed E-state index contributed by atoms with van der Waals surface area (Å²) in [4.78, 5) is 59.1. The van der Waals surface area contributed by atoms with E-state index in [1.54, 1.807) is 14.2 Å². The van der Waals surface area contributed by atoms with Crippen molar-refractivity contribution in [3.8, 4) is 40.9 Å². The number of hydrogen-bond donors (Lipinski definition) is 4. The first-order valence-corrected chi connectivity index (χ1v) is 26.8. The third-order valence-corrected chi connectivity index (χ3v) is 18.2. The Balaban J connectivity index is 0.000000178. The molecule has 4 N–H and O–H groups in total. The maximum Gasteiger partial charge on any atom is 0.232 e. The van der Waals surface area contributed by atoms with Crippen molar-refractivity contribution in [1.82, 2.24) is 30.2 Å². The number of nitriles is 2. The van der Waals surface area contributed by atoms with E-state index in [1.165, 1.54) is 26.3 Å². The number of methoxy groups -OCH3 is 2. The van der Waals surface area contributed by atoms with E-state index in [2.05, 4.69) is 70.5 Å². The van der Waals surface area contributed by atoms with Crippen LogP contribution in [0.5, 0.6) is 28.7 Å². The number of carbonyl (C=O) groups is 4. The fourth-order valence-corrected chi connectivity index (χ4v) is 14.4. The molecular weight excluding hydrogens is 1010 g/mol. The van der Waals surface area contributed by atoms with Gasteiger partial charge in [0.1, 0.15) is 35.1 Å². The molecule has 418 valence electrons. The van der Waals surface area contributed by atoms with Gasteiger partial charge in [-0.1, -0.05) is 12.1 Å². The molecule has 4 bridgehead atoms. The number of ether oxygens (including phenoxy) is 6. The second kappa shape index (κ2) is 21.2. The molecule has 0 spiro atoms. The van der Waals surface area contributed by atoms with Crippen LogP contribution in [0.3, 0.4) is 0 Å². The molecule has 3 aromatic carbocycles. The van der Waals surface area contributed by atoms with Gasteiger partial charge >= 0.3 is 0 Å². The molecule has 0 radical (unpaired) electrons. The number of aliphatic hydroxyl groups excluding tert-OH is 1. The molecule has 20 heteroatoms.